The molecule has 0 aromatic heterocycles. The normalized spacial score (nSPS) is 13.7. The molecule has 184 valence electrons. The molecule has 0 radical (unpaired) electrons. The maximum Gasteiger partial charge on any atom is 0.471 e. The van der Waals surface area contributed by atoms with Gasteiger partial charge in [0.25, 0.3) is 0 Å². The molecule has 0 rings (SSSR count). The molecule has 3 atom stereocenters. The lowest BCUT2D eigenvalue weighted by Crippen LogP contribution is -2.52. The minimum absolute atomic E-state index is 0.0579. The Bertz CT molecular complexity index is 670. The number of rotatable bonds is 10. The summed E-state index contributed by atoms with van der Waals surface area (Å²) in [5.41, 5.74) is 0. The standard InChI is InChI=1S/C17H25F3N4O4.C4H10/c1-9(2)5-13(24-14(26)8-22-16(28)17(18,19)20)15(27)23-12(7-21)6-10(3)11(4)25;1-4(2)3/h9-10,12-13H,5-6,8H2,1-4H3,(H,22,28)(H,23,27)(H,24,26);4H,1-3H3/t10-,12-,13?;/m0./s1. The monoisotopic (exact) mass is 464 g/mol. The van der Waals surface area contributed by atoms with Crippen molar-refractivity contribution in [2.75, 3.05) is 6.54 Å². The fourth-order valence-corrected chi connectivity index (χ4v) is 2.14. The molecule has 11 heteroatoms. The Morgan fingerprint density at radius 1 is 0.938 bits per heavy atom. The number of nitriles is 1. The summed E-state index contributed by atoms with van der Waals surface area (Å²) in [5, 5.41) is 15.2. The zero-order valence-electron chi connectivity index (χ0n) is 19.7. The maximum absolute atomic E-state index is 12.4. The predicted octanol–water partition coefficient (Wildman–Crippen LogP) is 2.48. The summed E-state index contributed by atoms with van der Waals surface area (Å²) in [6, 6.07) is -0.224. The molecule has 0 fully saturated rings. The molecular weight excluding hydrogens is 429 g/mol. The Balaban J connectivity index is 0. The van der Waals surface area contributed by atoms with E-state index in [2.05, 4.69) is 31.4 Å². The van der Waals surface area contributed by atoms with E-state index < -0.39 is 48.4 Å². The lowest BCUT2D eigenvalue weighted by molar-refractivity contribution is -0.173. The van der Waals surface area contributed by atoms with Crippen molar-refractivity contribution >= 4 is 23.5 Å². The number of nitrogens with one attached hydrogen (secondary N) is 3. The Morgan fingerprint density at radius 3 is 1.81 bits per heavy atom. The van der Waals surface area contributed by atoms with Crippen LogP contribution in [0.4, 0.5) is 13.2 Å². The number of amides is 3. The molecule has 0 aliphatic carbocycles. The molecule has 1 unspecified atom stereocenters. The van der Waals surface area contributed by atoms with E-state index in [1.54, 1.807) is 20.8 Å². The topological polar surface area (TPSA) is 128 Å². The minimum Gasteiger partial charge on any atom is -0.343 e. The molecule has 0 saturated heterocycles. The van der Waals surface area contributed by atoms with E-state index in [1.807, 2.05) is 6.07 Å². The SMILES string of the molecule is CC(=O)[C@@H](C)C[C@@H](C#N)NC(=O)C(CC(C)C)NC(=O)CNC(=O)C(F)(F)F.CC(C)C. The first kappa shape index (κ1) is 31.5. The van der Waals surface area contributed by atoms with Crippen LogP contribution in [-0.4, -0.2) is 48.3 Å². The second kappa shape index (κ2) is 15.2. The summed E-state index contributed by atoms with van der Waals surface area (Å²) in [4.78, 5) is 46.3. The van der Waals surface area contributed by atoms with E-state index in [1.165, 1.54) is 12.2 Å². The van der Waals surface area contributed by atoms with Gasteiger partial charge < -0.3 is 16.0 Å². The summed E-state index contributed by atoms with van der Waals surface area (Å²) in [7, 11) is 0. The molecule has 0 aliphatic heterocycles. The van der Waals surface area contributed by atoms with Gasteiger partial charge in [-0.2, -0.15) is 18.4 Å². The van der Waals surface area contributed by atoms with Crippen LogP contribution in [0.15, 0.2) is 0 Å². The number of halogens is 3. The fourth-order valence-electron chi connectivity index (χ4n) is 2.14. The van der Waals surface area contributed by atoms with Crippen molar-refractivity contribution in [1.82, 2.24) is 16.0 Å². The Morgan fingerprint density at radius 2 is 1.44 bits per heavy atom. The summed E-state index contributed by atoms with van der Waals surface area (Å²) in [5.74, 6) is -3.79. The zero-order chi connectivity index (χ0) is 25.6. The molecule has 0 saturated carbocycles. The highest BCUT2D eigenvalue weighted by atomic mass is 19.4. The van der Waals surface area contributed by atoms with Gasteiger partial charge in [-0.15, -0.1) is 0 Å². The van der Waals surface area contributed by atoms with E-state index in [0.29, 0.717) is 0 Å². The van der Waals surface area contributed by atoms with Crippen molar-refractivity contribution in [2.24, 2.45) is 17.8 Å². The number of ketones is 1. The number of hydrogen-bond acceptors (Lipinski definition) is 5. The van der Waals surface area contributed by atoms with Crippen LogP contribution in [0.1, 0.15) is 61.3 Å². The average Bonchev–Trinajstić information content (AvgIpc) is 2.62. The summed E-state index contributed by atoms with van der Waals surface area (Å²) >= 11 is 0. The number of hydrogen-bond donors (Lipinski definition) is 3. The van der Waals surface area contributed by atoms with Crippen LogP contribution in [0.3, 0.4) is 0 Å². The van der Waals surface area contributed by atoms with Gasteiger partial charge in [-0.05, 0) is 31.6 Å². The van der Waals surface area contributed by atoms with Crippen LogP contribution in [0, 0.1) is 29.1 Å². The molecule has 0 aliphatic rings. The van der Waals surface area contributed by atoms with Crippen LogP contribution < -0.4 is 16.0 Å². The van der Waals surface area contributed by atoms with Gasteiger partial charge in [-0.1, -0.05) is 41.5 Å². The van der Waals surface area contributed by atoms with Crippen molar-refractivity contribution in [2.45, 2.75) is 79.6 Å². The highest BCUT2D eigenvalue weighted by Gasteiger charge is 2.38. The van der Waals surface area contributed by atoms with Gasteiger partial charge in [-0.3, -0.25) is 19.2 Å². The third-order valence-corrected chi connectivity index (χ3v) is 3.78. The van der Waals surface area contributed by atoms with Crippen LogP contribution in [0.25, 0.3) is 0 Å². The Hall–Kier alpha value is -2.64. The van der Waals surface area contributed by atoms with E-state index in [-0.39, 0.29) is 24.5 Å². The van der Waals surface area contributed by atoms with Crippen LogP contribution in [-0.2, 0) is 19.2 Å². The van der Waals surface area contributed by atoms with Gasteiger partial charge in [0.15, 0.2) is 0 Å². The zero-order valence-corrected chi connectivity index (χ0v) is 19.7. The summed E-state index contributed by atoms with van der Waals surface area (Å²) in [6.07, 6.45) is -4.88. The van der Waals surface area contributed by atoms with Crippen molar-refractivity contribution in [3.05, 3.63) is 0 Å². The number of Topliss-reactive ketones (excluding diaryl/α,β-unsaturated/α-hetero) is 1. The van der Waals surface area contributed by atoms with E-state index >= 15 is 0 Å². The summed E-state index contributed by atoms with van der Waals surface area (Å²) in [6.45, 7) is 12.0. The smallest absolute Gasteiger partial charge is 0.343 e. The van der Waals surface area contributed by atoms with E-state index in [4.69, 9.17) is 5.26 Å². The first-order chi connectivity index (χ1) is 14.5. The van der Waals surface area contributed by atoms with Crippen molar-refractivity contribution in [1.29, 1.82) is 5.26 Å². The number of carbonyl (C=O) groups is 4. The van der Waals surface area contributed by atoms with E-state index in [9.17, 15) is 32.3 Å². The molecule has 8 nitrogen and oxygen atoms in total. The van der Waals surface area contributed by atoms with Gasteiger partial charge >= 0.3 is 12.1 Å². The Kier molecular flexibility index (Phi) is 15.0. The minimum atomic E-state index is -5.12. The molecule has 32 heavy (non-hydrogen) atoms. The maximum atomic E-state index is 12.4. The quantitative estimate of drug-likeness (QED) is 0.458. The molecule has 0 heterocycles. The second-order valence-electron chi connectivity index (χ2n) is 8.60. The van der Waals surface area contributed by atoms with E-state index in [0.717, 1.165) is 5.92 Å². The molecule has 3 N–H and O–H groups in total. The third-order valence-electron chi connectivity index (χ3n) is 3.78. The van der Waals surface area contributed by atoms with Crippen molar-refractivity contribution < 1.29 is 32.3 Å². The molecule has 0 aromatic carbocycles. The molecule has 0 spiro atoms. The molecule has 0 bridgehead atoms. The summed E-state index contributed by atoms with van der Waals surface area (Å²) < 4.78 is 36.4. The molecule has 3 amide bonds. The number of carbonyl (C=O) groups excluding carboxylic acids is 4. The van der Waals surface area contributed by atoms with Gasteiger partial charge in [0.1, 0.15) is 17.9 Å². The molecule has 0 aromatic rings. The second-order valence-corrected chi connectivity index (χ2v) is 8.60. The first-order valence-electron chi connectivity index (χ1n) is 10.4. The van der Waals surface area contributed by atoms with Crippen LogP contribution >= 0.6 is 0 Å². The van der Waals surface area contributed by atoms with Crippen LogP contribution in [0.5, 0.6) is 0 Å². The van der Waals surface area contributed by atoms with Gasteiger partial charge in [0.2, 0.25) is 11.8 Å². The van der Waals surface area contributed by atoms with Crippen LogP contribution in [0.2, 0.25) is 0 Å². The van der Waals surface area contributed by atoms with Crippen molar-refractivity contribution in [3.63, 3.8) is 0 Å². The predicted molar refractivity (Wildman–Crippen MR) is 113 cm³/mol. The van der Waals surface area contributed by atoms with Crippen molar-refractivity contribution in [3.8, 4) is 6.07 Å². The van der Waals surface area contributed by atoms with Gasteiger partial charge in [0, 0.05) is 5.92 Å². The Labute approximate surface area is 187 Å². The lowest BCUT2D eigenvalue weighted by Gasteiger charge is -2.22. The highest BCUT2D eigenvalue weighted by Crippen LogP contribution is 2.14. The molecular formula is C21H35F3N4O4. The average molecular weight is 465 g/mol. The highest BCUT2D eigenvalue weighted by molar-refractivity contribution is 5.91. The van der Waals surface area contributed by atoms with Gasteiger partial charge in [0.05, 0.1) is 12.6 Å². The number of alkyl halides is 3. The largest absolute Gasteiger partial charge is 0.471 e. The lowest BCUT2D eigenvalue weighted by atomic mass is 9.98. The fraction of sp³-hybridized carbons (Fsp3) is 0.762. The first-order valence-corrected chi connectivity index (χ1v) is 10.4. The van der Waals surface area contributed by atoms with Gasteiger partial charge in [-0.25, -0.2) is 0 Å². The number of nitrogens with zero attached hydrogens (tertiary/aromatic N) is 1. The third kappa shape index (κ3) is 16.1.